The molecule has 4 nitrogen and oxygen atoms in total. The summed E-state index contributed by atoms with van der Waals surface area (Å²) in [5.41, 5.74) is -0.123. The fourth-order valence-electron chi connectivity index (χ4n) is 1.51. The van der Waals surface area contributed by atoms with E-state index >= 15 is 0 Å². The molecule has 0 aromatic heterocycles. The molecule has 2 aromatic carbocycles. The monoisotopic (exact) mass is 305 g/mol. The number of rotatable bonds is 4. The van der Waals surface area contributed by atoms with E-state index in [-0.39, 0.29) is 17.9 Å². The number of nitriles is 1. The predicted octanol–water partition coefficient (Wildman–Crippen LogP) is 3.34. The van der Waals surface area contributed by atoms with Crippen molar-refractivity contribution in [2.24, 2.45) is 0 Å². The van der Waals surface area contributed by atoms with Crippen molar-refractivity contribution in [3.8, 4) is 17.6 Å². The lowest BCUT2D eigenvalue weighted by Crippen LogP contribution is -2.17. The highest BCUT2D eigenvalue weighted by molar-refractivity contribution is 6.32. The van der Waals surface area contributed by atoms with Crippen molar-refractivity contribution in [1.29, 1.82) is 5.26 Å². The van der Waals surface area contributed by atoms with E-state index in [2.05, 4.69) is 0 Å². The molecule has 0 amide bonds. The van der Waals surface area contributed by atoms with Crippen LogP contribution < -0.4 is 9.47 Å². The SMILES string of the molecule is N#Cc1ccc(OC(=O)COc2ccccc2Cl)cc1F. The maximum absolute atomic E-state index is 13.3. The maximum atomic E-state index is 13.3. The molecule has 0 saturated carbocycles. The van der Waals surface area contributed by atoms with Gasteiger partial charge in [0.2, 0.25) is 0 Å². The molecule has 0 radical (unpaired) electrons. The van der Waals surface area contributed by atoms with E-state index in [1.54, 1.807) is 30.3 Å². The molecule has 0 spiro atoms. The third-order valence-electron chi connectivity index (χ3n) is 2.47. The van der Waals surface area contributed by atoms with E-state index in [1.165, 1.54) is 12.1 Å². The first-order valence-electron chi connectivity index (χ1n) is 5.88. The first-order valence-corrected chi connectivity index (χ1v) is 6.25. The summed E-state index contributed by atoms with van der Waals surface area (Å²) >= 11 is 5.86. The Morgan fingerprint density at radius 2 is 2.05 bits per heavy atom. The summed E-state index contributed by atoms with van der Waals surface area (Å²) < 4.78 is 23.4. The summed E-state index contributed by atoms with van der Waals surface area (Å²) in [5, 5.41) is 8.97. The van der Waals surface area contributed by atoms with Gasteiger partial charge in [-0.15, -0.1) is 0 Å². The normalized spacial score (nSPS) is 9.76. The van der Waals surface area contributed by atoms with Crippen molar-refractivity contribution in [2.45, 2.75) is 0 Å². The van der Waals surface area contributed by atoms with Gasteiger partial charge in [-0.05, 0) is 24.3 Å². The van der Waals surface area contributed by atoms with Crippen molar-refractivity contribution >= 4 is 17.6 Å². The third-order valence-corrected chi connectivity index (χ3v) is 2.79. The number of nitrogens with zero attached hydrogens (tertiary/aromatic N) is 1. The molecule has 0 heterocycles. The number of hydrogen-bond donors (Lipinski definition) is 0. The van der Waals surface area contributed by atoms with Crippen LogP contribution in [-0.2, 0) is 4.79 Å². The van der Waals surface area contributed by atoms with Crippen LogP contribution in [0.1, 0.15) is 5.56 Å². The Kier molecular flexibility index (Phi) is 4.75. The first-order chi connectivity index (χ1) is 10.1. The minimum atomic E-state index is -0.755. The molecular formula is C15H9ClFNO3. The van der Waals surface area contributed by atoms with Gasteiger partial charge in [0, 0.05) is 6.07 Å². The van der Waals surface area contributed by atoms with Gasteiger partial charge in [-0.25, -0.2) is 9.18 Å². The molecule has 0 aliphatic rings. The second-order valence-corrected chi connectivity index (χ2v) is 4.35. The van der Waals surface area contributed by atoms with Crippen LogP contribution in [0.25, 0.3) is 0 Å². The molecule has 0 saturated heterocycles. The Labute approximate surface area is 125 Å². The third kappa shape index (κ3) is 3.94. The number of ether oxygens (including phenoxy) is 2. The molecule has 21 heavy (non-hydrogen) atoms. The molecule has 2 aromatic rings. The van der Waals surface area contributed by atoms with Crippen molar-refractivity contribution < 1.29 is 18.7 Å². The Balaban J connectivity index is 1.95. The topological polar surface area (TPSA) is 59.3 Å². The minimum absolute atomic E-state index is 0.000686. The number of halogens is 2. The van der Waals surface area contributed by atoms with Gasteiger partial charge in [0.15, 0.2) is 6.61 Å². The van der Waals surface area contributed by atoms with Crippen molar-refractivity contribution in [3.05, 3.63) is 58.9 Å². The van der Waals surface area contributed by atoms with Crippen LogP contribution in [0, 0.1) is 17.1 Å². The number of esters is 1. The van der Waals surface area contributed by atoms with Crippen LogP contribution in [0.15, 0.2) is 42.5 Å². The van der Waals surface area contributed by atoms with E-state index in [0.29, 0.717) is 10.8 Å². The smallest absolute Gasteiger partial charge is 0.349 e. The zero-order chi connectivity index (χ0) is 15.2. The average molecular weight is 306 g/mol. The Hall–Kier alpha value is -2.58. The minimum Gasteiger partial charge on any atom is -0.480 e. The lowest BCUT2D eigenvalue weighted by Gasteiger charge is -2.08. The molecule has 0 aliphatic carbocycles. The second-order valence-electron chi connectivity index (χ2n) is 3.95. The van der Waals surface area contributed by atoms with E-state index in [4.69, 9.17) is 26.3 Å². The summed E-state index contributed by atoms with van der Waals surface area (Å²) in [6.07, 6.45) is 0. The molecular weight excluding hydrogens is 297 g/mol. The van der Waals surface area contributed by atoms with E-state index < -0.39 is 11.8 Å². The van der Waals surface area contributed by atoms with Crippen LogP contribution in [0.2, 0.25) is 5.02 Å². The van der Waals surface area contributed by atoms with Gasteiger partial charge in [0.25, 0.3) is 0 Å². The number of para-hydroxylation sites is 1. The number of benzene rings is 2. The average Bonchev–Trinajstić information content (AvgIpc) is 2.46. The maximum Gasteiger partial charge on any atom is 0.349 e. The van der Waals surface area contributed by atoms with Gasteiger partial charge in [0.05, 0.1) is 10.6 Å². The van der Waals surface area contributed by atoms with Crippen LogP contribution in [0.4, 0.5) is 4.39 Å². The molecule has 0 atom stereocenters. The summed E-state index contributed by atoms with van der Waals surface area (Å²) in [6, 6.07) is 11.9. The summed E-state index contributed by atoms with van der Waals surface area (Å²) in [5.74, 6) is -1.12. The summed E-state index contributed by atoms with van der Waals surface area (Å²) in [4.78, 5) is 11.6. The Morgan fingerprint density at radius 3 is 2.71 bits per heavy atom. The van der Waals surface area contributed by atoms with E-state index in [1.807, 2.05) is 0 Å². The molecule has 106 valence electrons. The first kappa shape index (κ1) is 14.8. The highest BCUT2D eigenvalue weighted by Gasteiger charge is 2.10. The largest absolute Gasteiger partial charge is 0.480 e. The van der Waals surface area contributed by atoms with Crippen LogP contribution >= 0.6 is 11.6 Å². The highest BCUT2D eigenvalue weighted by atomic mass is 35.5. The fourth-order valence-corrected chi connectivity index (χ4v) is 1.70. The summed E-state index contributed by atoms with van der Waals surface area (Å²) in [7, 11) is 0. The fraction of sp³-hybridized carbons (Fsp3) is 0.0667. The van der Waals surface area contributed by atoms with Gasteiger partial charge in [-0.3, -0.25) is 0 Å². The molecule has 0 N–H and O–H groups in total. The Bertz CT molecular complexity index is 712. The molecule has 0 fully saturated rings. The lowest BCUT2D eigenvalue weighted by atomic mass is 10.2. The van der Waals surface area contributed by atoms with Gasteiger partial charge in [-0.2, -0.15) is 5.26 Å². The molecule has 6 heteroatoms. The van der Waals surface area contributed by atoms with Crippen LogP contribution in [-0.4, -0.2) is 12.6 Å². The van der Waals surface area contributed by atoms with Gasteiger partial charge in [-0.1, -0.05) is 23.7 Å². The quantitative estimate of drug-likeness (QED) is 0.642. The van der Waals surface area contributed by atoms with Crippen LogP contribution in [0.5, 0.6) is 11.5 Å². The van der Waals surface area contributed by atoms with E-state index in [9.17, 15) is 9.18 Å². The van der Waals surface area contributed by atoms with Crippen molar-refractivity contribution in [2.75, 3.05) is 6.61 Å². The van der Waals surface area contributed by atoms with Crippen molar-refractivity contribution in [1.82, 2.24) is 0 Å². The second kappa shape index (κ2) is 6.73. The summed E-state index contributed by atoms with van der Waals surface area (Å²) in [6.45, 7) is -0.370. The molecule has 2 rings (SSSR count). The van der Waals surface area contributed by atoms with Gasteiger partial charge < -0.3 is 9.47 Å². The number of carbonyl (C=O) groups excluding carboxylic acids is 1. The van der Waals surface area contributed by atoms with Crippen molar-refractivity contribution in [3.63, 3.8) is 0 Å². The zero-order valence-corrected chi connectivity index (χ0v) is 11.4. The molecule has 0 unspecified atom stereocenters. The predicted molar refractivity (Wildman–Crippen MR) is 73.7 cm³/mol. The standard InChI is InChI=1S/C15H9ClFNO3/c16-12-3-1-2-4-14(12)20-9-15(19)21-11-6-5-10(8-18)13(17)7-11/h1-7H,9H2. The highest BCUT2D eigenvalue weighted by Crippen LogP contribution is 2.23. The number of hydrogen-bond acceptors (Lipinski definition) is 4. The Morgan fingerprint density at radius 1 is 1.29 bits per heavy atom. The van der Waals surface area contributed by atoms with E-state index in [0.717, 1.165) is 6.07 Å². The molecule has 0 bridgehead atoms. The van der Waals surface area contributed by atoms with Crippen LogP contribution in [0.3, 0.4) is 0 Å². The number of carbonyl (C=O) groups is 1. The molecule has 0 aliphatic heterocycles. The van der Waals surface area contributed by atoms with Gasteiger partial charge in [0.1, 0.15) is 23.4 Å². The lowest BCUT2D eigenvalue weighted by molar-refractivity contribution is -0.136. The zero-order valence-electron chi connectivity index (χ0n) is 10.7. The van der Waals surface area contributed by atoms with Gasteiger partial charge >= 0.3 is 5.97 Å².